The lowest BCUT2D eigenvalue weighted by molar-refractivity contribution is -0.127. The smallest absolute Gasteiger partial charge is 0.294 e. The van der Waals surface area contributed by atoms with E-state index in [0.29, 0.717) is 33.8 Å². The highest BCUT2D eigenvalue weighted by molar-refractivity contribution is 9.10. The molecule has 0 radical (unpaired) electrons. The predicted octanol–water partition coefficient (Wildman–Crippen LogP) is 6.27. The standard InChI is InChI=1S/C28H25BrN2O5S/c1-3-18-9-11-21(12-10-18)30-25(32)16-31-27(33)24(37-28(31)34)15-20-13-22(29)26(23(14-20)35-2)36-17-19-7-5-4-6-8-19/h4-15H,3,16-17H2,1-2H3,(H,30,32)/b24-15+. The molecule has 0 unspecified atom stereocenters. The molecule has 37 heavy (non-hydrogen) atoms. The van der Waals surface area contributed by atoms with Crippen LogP contribution in [0.1, 0.15) is 23.6 Å². The molecule has 0 spiro atoms. The van der Waals surface area contributed by atoms with Crippen molar-refractivity contribution in [1.82, 2.24) is 4.90 Å². The van der Waals surface area contributed by atoms with Gasteiger partial charge in [-0.1, -0.05) is 49.4 Å². The van der Waals surface area contributed by atoms with E-state index in [9.17, 15) is 14.4 Å². The van der Waals surface area contributed by atoms with Crippen molar-refractivity contribution in [1.29, 1.82) is 0 Å². The van der Waals surface area contributed by atoms with E-state index in [-0.39, 0.29) is 11.4 Å². The fourth-order valence-corrected chi connectivity index (χ4v) is 5.06. The number of halogens is 1. The molecule has 0 saturated carbocycles. The van der Waals surface area contributed by atoms with Crippen molar-refractivity contribution in [2.45, 2.75) is 20.0 Å². The van der Waals surface area contributed by atoms with E-state index in [1.165, 1.54) is 7.11 Å². The third-order valence-corrected chi connectivity index (χ3v) is 7.09. The number of imide groups is 1. The van der Waals surface area contributed by atoms with Crippen LogP contribution in [0.15, 0.2) is 76.1 Å². The number of hydrogen-bond acceptors (Lipinski definition) is 6. The second-order valence-corrected chi connectivity index (χ2v) is 10.0. The van der Waals surface area contributed by atoms with Gasteiger partial charge in [-0.3, -0.25) is 19.3 Å². The summed E-state index contributed by atoms with van der Waals surface area (Å²) in [6.45, 7) is 2.04. The highest BCUT2D eigenvalue weighted by atomic mass is 79.9. The van der Waals surface area contributed by atoms with Gasteiger partial charge in [0.2, 0.25) is 5.91 Å². The summed E-state index contributed by atoms with van der Waals surface area (Å²) in [7, 11) is 1.53. The van der Waals surface area contributed by atoms with Gasteiger partial charge in [0.15, 0.2) is 11.5 Å². The lowest BCUT2D eigenvalue weighted by Gasteiger charge is -2.14. The molecule has 1 fully saturated rings. The second-order valence-electron chi connectivity index (χ2n) is 8.17. The Labute approximate surface area is 228 Å². The van der Waals surface area contributed by atoms with Gasteiger partial charge in [0.05, 0.1) is 16.5 Å². The molecule has 1 aliphatic rings. The molecular formula is C28H25BrN2O5S. The summed E-state index contributed by atoms with van der Waals surface area (Å²) in [5, 5.41) is 2.23. The Morgan fingerprint density at radius 1 is 1.05 bits per heavy atom. The van der Waals surface area contributed by atoms with Crippen molar-refractivity contribution in [2.75, 3.05) is 19.0 Å². The summed E-state index contributed by atoms with van der Waals surface area (Å²) in [4.78, 5) is 39.1. The van der Waals surface area contributed by atoms with E-state index < -0.39 is 17.1 Å². The molecule has 0 atom stereocenters. The number of nitrogens with zero attached hydrogens (tertiary/aromatic N) is 1. The number of methoxy groups -OCH3 is 1. The zero-order chi connectivity index (χ0) is 26.4. The Hall–Kier alpha value is -3.56. The lowest BCUT2D eigenvalue weighted by Crippen LogP contribution is -2.36. The quantitative estimate of drug-likeness (QED) is 0.300. The first kappa shape index (κ1) is 26.5. The minimum Gasteiger partial charge on any atom is -0.493 e. The van der Waals surface area contributed by atoms with Crippen molar-refractivity contribution in [2.24, 2.45) is 0 Å². The number of nitrogens with one attached hydrogen (secondary N) is 1. The number of aryl methyl sites for hydroxylation is 1. The topological polar surface area (TPSA) is 84.9 Å². The Morgan fingerprint density at radius 3 is 2.46 bits per heavy atom. The largest absolute Gasteiger partial charge is 0.493 e. The maximum atomic E-state index is 12.9. The molecular weight excluding hydrogens is 556 g/mol. The van der Waals surface area contributed by atoms with Gasteiger partial charge in [-0.05, 0) is 81.1 Å². The van der Waals surface area contributed by atoms with E-state index >= 15 is 0 Å². The summed E-state index contributed by atoms with van der Waals surface area (Å²) < 4.78 is 12.1. The summed E-state index contributed by atoms with van der Waals surface area (Å²) in [5.74, 6) is 0.0348. The molecule has 4 rings (SSSR count). The van der Waals surface area contributed by atoms with Crippen molar-refractivity contribution in [3.8, 4) is 11.5 Å². The number of carbonyl (C=O) groups is 3. The van der Waals surface area contributed by atoms with Crippen molar-refractivity contribution >= 4 is 56.5 Å². The van der Waals surface area contributed by atoms with Crippen LogP contribution >= 0.6 is 27.7 Å². The molecule has 0 bridgehead atoms. The van der Waals surface area contributed by atoms with Gasteiger partial charge in [0.1, 0.15) is 13.2 Å². The van der Waals surface area contributed by atoms with Gasteiger partial charge in [-0.25, -0.2) is 0 Å². The zero-order valence-electron chi connectivity index (χ0n) is 20.3. The van der Waals surface area contributed by atoms with Gasteiger partial charge >= 0.3 is 0 Å². The maximum Gasteiger partial charge on any atom is 0.294 e. The molecule has 1 saturated heterocycles. The monoisotopic (exact) mass is 580 g/mol. The van der Waals surface area contributed by atoms with Gasteiger partial charge in [-0.2, -0.15) is 0 Å². The van der Waals surface area contributed by atoms with Crippen LogP contribution in [0.25, 0.3) is 6.08 Å². The number of carbonyl (C=O) groups excluding carboxylic acids is 3. The molecule has 9 heteroatoms. The van der Waals surface area contributed by atoms with Crippen LogP contribution in [-0.2, 0) is 22.6 Å². The lowest BCUT2D eigenvalue weighted by atomic mass is 10.1. The molecule has 190 valence electrons. The number of benzene rings is 3. The van der Waals surface area contributed by atoms with E-state index in [1.807, 2.05) is 49.4 Å². The minimum atomic E-state index is -0.522. The average molecular weight is 581 g/mol. The van der Waals surface area contributed by atoms with E-state index in [1.54, 1.807) is 30.3 Å². The third kappa shape index (κ3) is 6.61. The molecule has 3 amide bonds. The number of rotatable bonds is 9. The van der Waals surface area contributed by atoms with Crippen LogP contribution in [0.4, 0.5) is 10.5 Å². The van der Waals surface area contributed by atoms with E-state index in [0.717, 1.165) is 34.2 Å². The fourth-order valence-electron chi connectivity index (χ4n) is 3.65. The van der Waals surface area contributed by atoms with Gasteiger partial charge in [-0.15, -0.1) is 0 Å². The molecule has 1 aliphatic heterocycles. The molecule has 1 N–H and O–H groups in total. The van der Waals surface area contributed by atoms with Crippen LogP contribution in [0.5, 0.6) is 11.5 Å². The Morgan fingerprint density at radius 2 is 1.78 bits per heavy atom. The fraction of sp³-hybridized carbons (Fsp3) is 0.179. The van der Waals surface area contributed by atoms with Crippen molar-refractivity contribution < 1.29 is 23.9 Å². The first-order valence-corrected chi connectivity index (χ1v) is 13.2. The molecule has 3 aromatic rings. The average Bonchev–Trinajstić information content (AvgIpc) is 3.16. The molecule has 3 aromatic carbocycles. The molecule has 0 aromatic heterocycles. The summed E-state index contributed by atoms with van der Waals surface area (Å²) in [5.41, 5.74) is 3.40. The first-order chi connectivity index (χ1) is 17.9. The summed E-state index contributed by atoms with van der Waals surface area (Å²) in [6, 6.07) is 20.7. The predicted molar refractivity (Wildman–Crippen MR) is 149 cm³/mol. The third-order valence-electron chi connectivity index (χ3n) is 5.60. The Bertz CT molecular complexity index is 1340. The van der Waals surface area contributed by atoms with Crippen LogP contribution < -0.4 is 14.8 Å². The first-order valence-electron chi connectivity index (χ1n) is 11.6. The van der Waals surface area contributed by atoms with E-state index in [2.05, 4.69) is 21.2 Å². The van der Waals surface area contributed by atoms with Gasteiger partial charge in [0, 0.05) is 5.69 Å². The Balaban J connectivity index is 1.45. The molecule has 0 aliphatic carbocycles. The maximum absolute atomic E-state index is 12.9. The number of anilines is 1. The number of thioether (sulfide) groups is 1. The summed E-state index contributed by atoms with van der Waals surface area (Å²) >= 11 is 4.31. The van der Waals surface area contributed by atoms with Crippen LogP contribution in [0.3, 0.4) is 0 Å². The molecule has 7 nitrogen and oxygen atoms in total. The summed E-state index contributed by atoms with van der Waals surface area (Å²) in [6.07, 6.45) is 2.49. The van der Waals surface area contributed by atoms with Crippen molar-refractivity contribution in [3.63, 3.8) is 0 Å². The second kappa shape index (κ2) is 12.1. The van der Waals surface area contributed by atoms with E-state index in [4.69, 9.17) is 9.47 Å². The number of ether oxygens (including phenoxy) is 2. The normalized spacial score (nSPS) is 14.2. The highest BCUT2D eigenvalue weighted by Crippen LogP contribution is 2.39. The number of amides is 3. The minimum absolute atomic E-state index is 0.219. The van der Waals surface area contributed by atoms with Crippen LogP contribution in [-0.4, -0.2) is 35.6 Å². The van der Waals surface area contributed by atoms with Crippen molar-refractivity contribution in [3.05, 3.63) is 92.8 Å². The number of hydrogen-bond donors (Lipinski definition) is 1. The SMILES string of the molecule is CCc1ccc(NC(=O)CN2C(=O)S/C(=C/c3cc(Br)c(OCc4ccccc4)c(OC)c3)C2=O)cc1. The van der Waals surface area contributed by atoms with Crippen LogP contribution in [0, 0.1) is 0 Å². The molecule has 1 heterocycles. The highest BCUT2D eigenvalue weighted by Gasteiger charge is 2.36. The van der Waals surface area contributed by atoms with Gasteiger partial charge in [0.25, 0.3) is 11.1 Å². The van der Waals surface area contributed by atoms with Gasteiger partial charge < -0.3 is 14.8 Å². The van der Waals surface area contributed by atoms with Crippen LogP contribution in [0.2, 0.25) is 0 Å². The Kier molecular flexibility index (Phi) is 8.68. The zero-order valence-corrected chi connectivity index (χ0v) is 22.7.